The number of hydrogen-bond acceptors (Lipinski definition) is 10. The number of nitrogens with one attached hydrogen (secondary N) is 5. The number of aromatic amines is 1. The Hall–Kier alpha value is -5.77. The van der Waals surface area contributed by atoms with Crippen LogP contribution in [0.3, 0.4) is 0 Å². The third-order valence-electron chi connectivity index (χ3n) is 10.3. The Bertz CT molecular complexity index is 1800. The summed E-state index contributed by atoms with van der Waals surface area (Å²) in [5.41, 5.74) is 8.10. The van der Waals surface area contributed by atoms with Crippen LogP contribution in [0.4, 0.5) is 0 Å². The SMILES string of the molecule is CC[C@@H](C)[C@H](NC(=O)[C@@H](Cc1ccc(O)cc1)NC(=O)[C@H](N)C(C)C)C(=O)N[C@@H](Cc1cnc[nH]1)C(=O)N1CCC[C@@H]1C(=O)N[C@@H](Cc1ccccc1)C(=O)OC. The molecule has 0 aliphatic carbocycles. The summed E-state index contributed by atoms with van der Waals surface area (Å²) >= 11 is 0. The number of ether oxygens (including phenoxy) is 1. The van der Waals surface area contributed by atoms with Crippen LogP contribution >= 0.6 is 0 Å². The molecule has 0 bridgehead atoms. The van der Waals surface area contributed by atoms with E-state index in [0.29, 0.717) is 30.5 Å². The second kappa shape index (κ2) is 20.9. The molecule has 0 spiro atoms. The van der Waals surface area contributed by atoms with Gasteiger partial charge in [-0.2, -0.15) is 0 Å². The van der Waals surface area contributed by atoms with Crippen LogP contribution in [-0.2, 0) is 52.8 Å². The van der Waals surface area contributed by atoms with Crippen LogP contribution in [0.1, 0.15) is 63.8 Å². The Balaban J connectivity index is 1.55. The lowest BCUT2D eigenvalue weighted by atomic mass is 9.96. The van der Waals surface area contributed by atoms with Crippen molar-refractivity contribution < 1.29 is 38.6 Å². The van der Waals surface area contributed by atoms with Gasteiger partial charge < -0.3 is 46.7 Å². The number of rotatable bonds is 19. The minimum Gasteiger partial charge on any atom is -0.508 e. The summed E-state index contributed by atoms with van der Waals surface area (Å²) in [5, 5.41) is 21.0. The Morgan fingerprint density at radius 2 is 1.51 bits per heavy atom. The second-order valence-electron chi connectivity index (χ2n) is 14.9. The smallest absolute Gasteiger partial charge is 0.328 e. The van der Waals surface area contributed by atoms with E-state index in [1.165, 1.54) is 36.7 Å². The van der Waals surface area contributed by atoms with Crippen molar-refractivity contribution in [2.75, 3.05) is 13.7 Å². The van der Waals surface area contributed by atoms with Gasteiger partial charge in [0.1, 0.15) is 36.0 Å². The minimum absolute atomic E-state index is 0.00199. The molecule has 0 radical (unpaired) electrons. The molecule has 5 amide bonds. The fraction of sp³-hybridized carbons (Fsp3) is 0.488. The maximum Gasteiger partial charge on any atom is 0.328 e. The molecule has 16 nitrogen and oxygen atoms in total. The van der Waals surface area contributed by atoms with Crippen LogP contribution in [0.5, 0.6) is 5.75 Å². The van der Waals surface area contributed by atoms with Crippen LogP contribution in [0.25, 0.3) is 0 Å². The number of phenols is 1. The van der Waals surface area contributed by atoms with E-state index in [0.717, 1.165) is 5.56 Å². The van der Waals surface area contributed by atoms with Gasteiger partial charge in [0, 0.05) is 37.7 Å². The van der Waals surface area contributed by atoms with Gasteiger partial charge in [0.2, 0.25) is 29.5 Å². The highest BCUT2D eigenvalue weighted by Crippen LogP contribution is 2.21. The van der Waals surface area contributed by atoms with Crippen LogP contribution in [0, 0.1) is 11.8 Å². The molecule has 1 aliphatic heterocycles. The molecule has 308 valence electrons. The molecule has 1 fully saturated rings. The molecule has 0 saturated carbocycles. The predicted octanol–water partition coefficient (Wildman–Crippen LogP) is 1.28. The zero-order valence-corrected chi connectivity index (χ0v) is 33.2. The topological polar surface area (TPSA) is 238 Å². The van der Waals surface area contributed by atoms with Gasteiger partial charge >= 0.3 is 5.97 Å². The fourth-order valence-electron chi connectivity index (χ4n) is 6.64. The Morgan fingerprint density at radius 3 is 2.12 bits per heavy atom. The Morgan fingerprint density at radius 1 is 0.860 bits per heavy atom. The molecular weight excluding hydrogens is 732 g/mol. The summed E-state index contributed by atoms with van der Waals surface area (Å²) < 4.78 is 4.97. The third-order valence-corrected chi connectivity index (χ3v) is 10.3. The highest BCUT2D eigenvalue weighted by molar-refractivity contribution is 5.97. The van der Waals surface area contributed by atoms with Gasteiger partial charge in [0.25, 0.3) is 0 Å². The van der Waals surface area contributed by atoms with Crippen molar-refractivity contribution in [2.45, 2.75) is 102 Å². The number of likely N-dealkylation sites (tertiary alicyclic amines) is 1. The number of benzene rings is 2. The number of nitrogens with two attached hydrogens (primary N) is 1. The molecule has 2 aromatic carbocycles. The first-order valence-corrected chi connectivity index (χ1v) is 19.4. The lowest BCUT2D eigenvalue weighted by Gasteiger charge is -2.32. The van der Waals surface area contributed by atoms with Gasteiger partial charge in [0.05, 0.1) is 19.5 Å². The molecule has 2 heterocycles. The first kappa shape index (κ1) is 44.0. The molecule has 1 aromatic heterocycles. The summed E-state index contributed by atoms with van der Waals surface area (Å²) in [6.45, 7) is 7.44. The first-order chi connectivity index (χ1) is 27.2. The monoisotopic (exact) mass is 788 g/mol. The number of H-pyrrole nitrogens is 1. The van der Waals surface area contributed by atoms with E-state index in [1.54, 1.807) is 32.9 Å². The molecular formula is C41H56N8O8. The number of carbonyl (C=O) groups is 6. The maximum atomic E-state index is 14.4. The lowest BCUT2D eigenvalue weighted by molar-refractivity contribution is -0.147. The highest BCUT2D eigenvalue weighted by Gasteiger charge is 2.40. The van der Waals surface area contributed by atoms with E-state index in [4.69, 9.17) is 10.5 Å². The quantitative estimate of drug-likeness (QED) is 0.0860. The van der Waals surface area contributed by atoms with Gasteiger partial charge in [-0.1, -0.05) is 76.6 Å². The molecule has 57 heavy (non-hydrogen) atoms. The summed E-state index contributed by atoms with van der Waals surface area (Å²) in [5.74, 6) is -4.09. The van der Waals surface area contributed by atoms with Crippen LogP contribution in [0.15, 0.2) is 67.1 Å². The normalized spacial score (nSPS) is 17.0. The van der Waals surface area contributed by atoms with Crippen molar-refractivity contribution in [2.24, 2.45) is 17.6 Å². The van der Waals surface area contributed by atoms with Crippen molar-refractivity contribution in [3.8, 4) is 5.75 Å². The maximum absolute atomic E-state index is 14.4. The predicted molar refractivity (Wildman–Crippen MR) is 211 cm³/mol. The number of aromatic hydroxyl groups is 1. The summed E-state index contributed by atoms with van der Waals surface area (Å²) in [7, 11) is 1.24. The van der Waals surface area contributed by atoms with E-state index in [1.807, 2.05) is 37.3 Å². The van der Waals surface area contributed by atoms with E-state index in [2.05, 4.69) is 31.2 Å². The number of hydrogen-bond donors (Lipinski definition) is 7. The zero-order valence-electron chi connectivity index (χ0n) is 33.2. The van der Waals surface area contributed by atoms with Crippen molar-refractivity contribution >= 4 is 35.5 Å². The highest BCUT2D eigenvalue weighted by atomic mass is 16.5. The zero-order chi connectivity index (χ0) is 41.6. The minimum atomic E-state index is -1.17. The summed E-state index contributed by atoms with van der Waals surface area (Å²) in [6, 6.07) is 9.10. The molecule has 3 aromatic rings. The van der Waals surface area contributed by atoms with Crippen LogP contribution in [0.2, 0.25) is 0 Å². The van der Waals surface area contributed by atoms with Crippen molar-refractivity contribution in [3.05, 3.63) is 83.9 Å². The van der Waals surface area contributed by atoms with Gasteiger partial charge in [-0.25, -0.2) is 9.78 Å². The van der Waals surface area contributed by atoms with Crippen molar-refractivity contribution in [1.82, 2.24) is 36.1 Å². The van der Waals surface area contributed by atoms with E-state index in [9.17, 15) is 33.9 Å². The molecule has 0 unspecified atom stereocenters. The second-order valence-corrected chi connectivity index (χ2v) is 14.9. The van der Waals surface area contributed by atoms with E-state index in [-0.39, 0.29) is 37.5 Å². The van der Waals surface area contributed by atoms with Crippen molar-refractivity contribution in [3.63, 3.8) is 0 Å². The summed E-state index contributed by atoms with van der Waals surface area (Å²) in [6.07, 6.45) is 4.52. The number of amides is 5. The average molecular weight is 789 g/mol. The summed E-state index contributed by atoms with van der Waals surface area (Å²) in [4.78, 5) is 90.6. The molecule has 1 saturated heterocycles. The number of imidazole rings is 1. The third kappa shape index (κ3) is 12.4. The molecule has 7 atom stereocenters. The molecule has 8 N–H and O–H groups in total. The number of carbonyl (C=O) groups excluding carboxylic acids is 6. The molecule has 4 rings (SSSR count). The number of phenolic OH excluding ortho intramolecular Hbond substituents is 1. The standard InChI is InChI=1S/C41H56N8O8/c1-6-25(4)35(48-36(51)30(45-38(53)34(42)24(2)3)19-27-14-16-29(50)17-15-27)39(54)46-31(21-28-22-43-23-44-28)40(55)49-18-10-13-33(49)37(52)47-32(41(56)57-5)20-26-11-8-7-9-12-26/h7-9,11-12,14-17,22-25,30-35,50H,6,10,13,18-21,42H2,1-5H3,(H,43,44)(H,45,53)(H,46,54)(H,47,52)(H,48,51)/t25-,30-,31+,32+,33-,34-,35+/m1/s1. The Kier molecular flexibility index (Phi) is 16.2. The first-order valence-electron chi connectivity index (χ1n) is 19.4. The molecule has 16 heteroatoms. The van der Waals surface area contributed by atoms with Gasteiger partial charge in [0.15, 0.2) is 0 Å². The molecule has 1 aliphatic rings. The average Bonchev–Trinajstić information content (AvgIpc) is 3.92. The van der Waals surface area contributed by atoms with Crippen LogP contribution < -0.4 is 27.0 Å². The fourth-order valence-corrected chi connectivity index (χ4v) is 6.64. The largest absolute Gasteiger partial charge is 0.508 e. The van der Waals surface area contributed by atoms with Gasteiger partial charge in [-0.3, -0.25) is 24.0 Å². The Labute approximate surface area is 333 Å². The van der Waals surface area contributed by atoms with Crippen molar-refractivity contribution in [1.29, 1.82) is 0 Å². The van der Waals surface area contributed by atoms with Gasteiger partial charge in [-0.05, 0) is 47.9 Å². The lowest BCUT2D eigenvalue weighted by Crippen LogP contribution is -2.61. The number of esters is 1. The number of methoxy groups -OCH3 is 1. The van der Waals surface area contributed by atoms with Gasteiger partial charge in [-0.15, -0.1) is 0 Å². The number of aromatic nitrogens is 2. The van der Waals surface area contributed by atoms with E-state index >= 15 is 0 Å². The van der Waals surface area contributed by atoms with Crippen LogP contribution in [-0.4, -0.2) is 105 Å². The number of nitrogens with zero attached hydrogens (tertiary/aromatic N) is 2. The van der Waals surface area contributed by atoms with E-state index < -0.39 is 77.7 Å².